The second-order valence-corrected chi connectivity index (χ2v) is 6.76. The number of nitrogens with one attached hydrogen (secondary N) is 1. The Labute approximate surface area is 146 Å². The maximum Gasteiger partial charge on any atom is 0.250 e. The molecule has 24 heavy (non-hydrogen) atoms. The molecule has 1 amide bonds. The van der Waals surface area contributed by atoms with Crippen LogP contribution in [0.2, 0.25) is 0 Å². The van der Waals surface area contributed by atoms with E-state index in [2.05, 4.69) is 10.3 Å². The van der Waals surface area contributed by atoms with Gasteiger partial charge >= 0.3 is 0 Å². The van der Waals surface area contributed by atoms with E-state index in [1.54, 1.807) is 13.2 Å². The third-order valence-electron chi connectivity index (χ3n) is 3.24. The summed E-state index contributed by atoms with van der Waals surface area (Å²) in [6.07, 6.45) is 3.27. The van der Waals surface area contributed by atoms with Gasteiger partial charge < -0.3 is 9.47 Å². The molecule has 0 atom stereocenters. The Morgan fingerprint density at radius 3 is 2.62 bits per heavy atom. The van der Waals surface area contributed by atoms with E-state index in [9.17, 15) is 4.79 Å². The van der Waals surface area contributed by atoms with Crippen molar-refractivity contribution in [3.05, 3.63) is 40.4 Å². The number of hydrogen-bond acceptors (Lipinski definition) is 5. The number of methoxy groups -OCH3 is 1. The Hall–Kier alpha value is -2.34. The number of rotatable bonds is 6. The lowest BCUT2D eigenvalue weighted by Crippen LogP contribution is -2.07. The van der Waals surface area contributed by atoms with Crippen molar-refractivity contribution in [1.82, 2.24) is 4.98 Å². The minimum atomic E-state index is -0.217. The average molecular weight is 346 g/mol. The lowest BCUT2D eigenvalue weighted by molar-refractivity contribution is -0.111. The van der Waals surface area contributed by atoms with E-state index in [4.69, 9.17) is 9.47 Å². The van der Waals surface area contributed by atoms with Gasteiger partial charge in [0.15, 0.2) is 16.6 Å². The van der Waals surface area contributed by atoms with E-state index >= 15 is 0 Å². The summed E-state index contributed by atoms with van der Waals surface area (Å²) in [7, 11) is 1.59. The fourth-order valence-electron chi connectivity index (χ4n) is 1.98. The highest BCUT2D eigenvalue weighted by atomic mass is 32.1. The first-order valence-corrected chi connectivity index (χ1v) is 8.48. The Kier molecular flexibility index (Phi) is 5.98. The quantitative estimate of drug-likeness (QED) is 0.796. The Morgan fingerprint density at radius 1 is 1.29 bits per heavy atom. The fraction of sp³-hybridized carbons (Fsp3) is 0.333. The van der Waals surface area contributed by atoms with Crippen molar-refractivity contribution in [3.8, 4) is 11.5 Å². The van der Waals surface area contributed by atoms with Crippen LogP contribution in [0.1, 0.15) is 30.0 Å². The molecule has 1 heterocycles. The molecule has 0 saturated carbocycles. The molecule has 0 spiro atoms. The van der Waals surface area contributed by atoms with Crippen LogP contribution in [0.4, 0.5) is 5.13 Å². The molecule has 0 aliphatic rings. The van der Waals surface area contributed by atoms with Gasteiger partial charge in [-0.1, -0.05) is 6.07 Å². The van der Waals surface area contributed by atoms with Crippen LogP contribution in [-0.4, -0.2) is 24.1 Å². The van der Waals surface area contributed by atoms with Gasteiger partial charge in [0.05, 0.1) is 18.9 Å². The molecule has 1 aromatic heterocycles. The lowest BCUT2D eigenvalue weighted by Gasteiger charge is -2.13. The second-order valence-electron chi connectivity index (χ2n) is 5.56. The number of nitrogens with zero attached hydrogens (tertiary/aromatic N) is 1. The van der Waals surface area contributed by atoms with E-state index in [1.807, 2.05) is 45.9 Å². The first-order valence-electron chi connectivity index (χ1n) is 7.67. The summed E-state index contributed by atoms with van der Waals surface area (Å²) in [5, 5.41) is 3.37. The molecule has 5 nitrogen and oxygen atoms in total. The van der Waals surface area contributed by atoms with Crippen molar-refractivity contribution in [1.29, 1.82) is 0 Å². The van der Waals surface area contributed by atoms with Crippen LogP contribution in [0.5, 0.6) is 11.5 Å². The summed E-state index contributed by atoms with van der Waals surface area (Å²) in [6, 6.07) is 5.55. The van der Waals surface area contributed by atoms with Gasteiger partial charge in [-0.25, -0.2) is 4.98 Å². The molecule has 0 aliphatic carbocycles. The third kappa shape index (κ3) is 4.83. The summed E-state index contributed by atoms with van der Waals surface area (Å²) < 4.78 is 11.0. The standard InChI is InChI=1S/C18H22N2O3S/c1-11(2)23-15-8-6-14(10-16(15)22-5)7-9-17(21)20-18-19-12(3)13(4)24-18/h6-11H,1-5H3,(H,19,20,21). The smallest absolute Gasteiger partial charge is 0.250 e. The van der Waals surface area contributed by atoms with Crippen LogP contribution in [0.15, 0.2) is 24.3 Å². The highest BCUT2D eigenvalue weighted by Gasteiger charge is 2.08. The van der Waals surface area contributed by atoms with E-state index in [0.717, 1.165) is 16.1 Å². The maximum atomic E-state index is 12.0. The highest BCUT2D eigenvalue weighted by Crippen LogP contribution is 2.29. The molecule has 0 bridgehead atoms. The van der Waals surface area contributed by atoms with E-state index in [-0.39, 0.29) is 12.0 Å². The van der Waals surface area contributed by atoms with Gasteiger partial charge in [-0.3, -0.25) is 10.1 Å². The van der Waals surface area contributed by atoms with E-state index in [0.29, 0.717) is 16.6 Å². The summed E-state index contributed by atoms with van der Waals surface area (Å²) >= 11 is 1.46. The van der Waals surface area contributed by atoms with Gasteiger partial charge in [0.1, 0.15) is 0 Å². The van der Waals surface area contributed by atoms with Crippen molar-refractivity contribution < 1.29 is 14.3 Å². The Bertz CT molecular complexity index is 731. The van der Waals surface area contributed by atoms with E-state index in [1.165, 1.54) is 17.4 Å². The number of aryl methyl sites for hydroxylation is 2. The molecule has 0 unspecified atom stereocenters. The van der Waals surface area contributed by atoms with Gasteiger partial charge in [0, 0.05) is 11.0 Å². The lowest BCUT2D eigenvalue weighted by atomic mass is 10.2. The van der Waals surface area contributed by atoms with Crippen molar-refractivity contribution in [2.24, 2.45) is 0 Å². The predicted octanol–water partition coefficient (Wildman–Crippen LogP) is 4.21. The summed E-state index contributed by atoms with van der Waals surface area (Å²) in [5.41, 5.74) is 1.79. The molecule has 0 fully saturated rings. The number of thiazole rings is 1. The minimum absolute atomic E-state index is 0.0660. The molecule has 2 aromatic rings. The van der Waals surface area contributed by atoms with Crippen molar-refractivity contribution in [2.45, 2.75) is 33.8 Å². The molecule has 6 heteroatoms. The SMILES string of the molecule is COc1cc(C=CC(=O)Nc2nc(C)c(C)s2)ccc1OC(C)C. The van der Waals surface area contributed by atoms with Crippen molar-refractivity contribution in [3.63, 3.8) is 0 Å². The molecule has 0 radical (unpaired) electrons. The number of benzene rings is 1. The number of anilines is 1. The normalized spacial score (nSPS) is 11.1. The zero-order valence-corrected chi connectivity index (χ0v) is 15.4. The van der Waals surface area contributed by atoms with E-state index < -0.39 is 0 Å². The van der Waals surface area contributed by atoms with Crippen LogP contribution in [0, 0.1) is 13.8 Å². The van der Waals surface area contributed by atoms with Crippen LogP contribution < -0.4 is 14.8 Å². The fourth-order valence-corrected chi connectivity index (χ4v) is 2.80. The molecular weight excluding hydrogens is 324 g/mol. The van der Waals surface area contributed by atoms with Crippen LogP contribution in [0.3, 0.4) is 0 Å². The molecule has 2 rings (SSSR count). The predicted molar refractivity (Wildman–Crippen MR) is 98.0 cm³/mol. The molecule has 0 saturated heterocycles. The molecular formula is C18H22N2O3S. The van der Waals surface area contributed by atoms with Crippen LogP contribution in [0.25, 0.3) is 6.08 Å². The second kappa shape index (κ2) is 7.97. The summed E-state index contributed by atoms with van der Waals surface area (Å²) in [4.78, 5) is 17.4. The zero-order chi connectivity index (χ0) is 17.7. The topological polar surface area (TPSA) is 60.5 Å². The summed E-state index contributed by atoms with van der Waals surface area (Å²) in [6.45, 7) is 7.81. The first kappa shape index (κ1) is 18.0. The monoisotopic (exact) mass is 346 g/mol. The van der Waals surface area contributed by atoms with Gasteiger partial charge in [-0.2, -0.15) is 0 Å². The van der Waals surface area contributed by atoms with Gasteiger partial charge in [0.2, 0.25) is 5.91 Å². The third-order valence-corrected chi connectivity index (χ3v) is 4.22. The molecule has 1 aromatic carbocycles. The Morgan fingerprint density at radius 2 is 2.04 bits per heavy atom. The van der Waals surface area contributed by atoms with Gasteiger partial charge in [-0.05, 0) is 51.5 Å². The van der Waals surface area contributed by atoms with Gasteiger partial charge in [0.25, 0.3) is 0 Å². The average Bonchev–Trinajstić information content (AvgIpc) is 2.83. The number of aromatic nitrogens is 1. The molecule has 128 valence electrons. The minimum Gasteiger partial charge on any atom is -0.493 e. The summed E-state index contributed by atoms with van der Waals surface area (Å²) in [5.74, 6) is 1.10. The van der Waals surface area contributed by atoms with Crippen molar-refractivity contribution >= 4 is 28.5 Å². The Balaban J connectivity index is 2.06. The number of carbonyl (C=O) groups excluding carboxylic acids is 1. The number of amides is 1. The van der Waals surface area contributed by atoms with Crippen molar-refractivity contribution in [2.75, 3.05) is 12.4 Å². The van der Waals surface area contributed by atoms with Crippen LogP contribution in [-0.2, 0) is 4.79 Å². The molecule has 1 N–H and O–H groups in total. The maximum absolute atomic E-state index is 12.0. The first-order chi connectivity index (χ1) is 11.4. The molecule has 0 aliphatic heterocycles. The zero-order valence-electron chi connectivity index (χ0n) is 14.5. The number of hydrogen-bond donors (Lipinski definition) is 1. The van der Waals surface area contributed by atoms with Crippen LogP contribution >= 0.6 is 11.3 Å². The highest BCUT2D eigenvalue weighted by molar-refractivity contribution is 7.15. The number of ether oxygens (including phenoxy) is 2. The largest absolute Gasteiger partial charge is 0.493 e. The number of carbonyl (C=O) groups is 1. The van der Waals surface area contributed by atoms with Gasteiger partial charge in [-0.15, -0.1) is 11.3 Å².